The van der Waals surface area contributed by atoms with Crippen LogP contribution in [0.1, 0.15) is 32.2 Å². The number of carbonyl (C=O) groups excluding carboxylic acids is 1. The van der Waals surface area contributed by atoms with Crippen LogP contribution >= 0.6 is 0 Å². The van der Waals surface area contributed by atoms with Crippen LogP contribution < -0.4 is 5.69 Å². The van der Waals surface area contributed by atoms with Gasteiger partial charge in [-0.25, -0.2) is 4.79 Å². The van der Waals surface area contributed by atoms with Crippen LogP contribution in [0.5, 0.6) is 0 Å². The van der Waals surface area contributed by atoms with Gasteiger partial charge in [-0.15, -0.1) is 0 Å². The van der Waals surface area contributed by atoms with Gasteiger partial charge in [-0.05, 0) is 18.6 Å². The first-order chi connectivity index (χ1) is 9.17. The molecule has 1 atom stereocenters. The number of hydrogen-bond acceptors (Lipinski definition) is 3. The number of methoxy groups -OCH3 is 1. The van der Waals surface area contributed by atoms with Crippen LogP contribution in [0.2, 0.25) is 0 Å². The number of aromatic amines is 1. The Bertz CT molecular complexity index is 627. The number of para-hydroxylation sites is 2. The fourth-order valence-corrected chi connectivity index (χ4v) is 2.37. The molecule has 0 aliphatic carbocycles. The number of imidazole rings is 1. The van der Waals surface area contributed by atoms with Gasteiger partial charge in [0.05, 0.1) is 24.6 Å². The van der Waals surface area contributed by atoms with Crippen molar-refractivity contribution < 1.29 is 9.53 Å². The molecule has 1 N–H and O–H groups in total. The maximum atomic E-state index is 12.1. The van der Waals surface area contributed by atoms with Crippen molar-refractivity contribution >= 4 is 17.0 Å². The summed E-state index contributed by atoms with van der Waals surface area (Å²) in [7, 11) is 1.36. The molecule has 0 saturated carbocycles. The van der Waals surface area contributed by atoms with E-state index in [9.17, 15) is 9.59 Å². The van der Waals surface area contributed by atoms with Crippen LogP contribution in [0.25, 0.3) is 11.0 Å². The van der Waals surface area contributed by atoms with Gasteiger partial charge >= 0.3 is 11.7 Å². The van der Waals surface area contributed by atoms with Crippen LogP contribution in [0, 0.1) is 0 Å². The predicted octanol–water partition coefficient (Wildman–Crippen LogP) is 2.23. The van der Waals surface area contributed by atoms with Gasteiger partial charge in [0.25, 0.3) is 0 Å². The van der Waals surface area contributed by atoms with E-state index in [0.29, 0.717) is 0 Å². The third kappa shape index (κ3) is 2.70. The number of ether oxygens (including phenoxy) is 1. The molecule has 1 heterocycles. The second-order valence-corrected chi connectivity index (χ2v) is 4.54. The van der Waals surface area contributed by atoms with E-state index in [4.69, 9.17) is 4.74 Å². The van der Waals surface area contributed by atoms with Gasteiger partial charge in [-0.2, -0.15) is 0 Å². The van der Waals surface area contributed by atoms with Crippen molar-refractivity contribution in [1.29, 1.82) is 0 Å². The molecule has 5 nitrogen and oxygen atoms in total. The zero-order valence-corrected chi connectivity index (χ0v) is 11.2. The van der Waals surface area contributed by atoms with Crippen LogP contribution in [-0.2, 0) is 9.53 Å². The lowest BCUT2D eigenvalue weighted by Gasteiger charge is -2.16. The Morgan fingerprint density at radius 1 is 1.42 bits per heavy atom. The third-order valence-electron chi connectivity index (χ3n) is 3.24. The van der Waals surface area contributed by atoms with Crippen LogP contribution in [0.15, 0.2) is 29.1 Å². The van der Waals surface area contributed by atoms with E-state index >= 15 is 0 Å². The molecule has 2 aromatic rings. The second kappa shape index (κ2) is 5.73. The minimum atomic E-state index is -0.296. The van der Waals surface area contributed by atoms with Gasteiger partial charge in [0.1, 0.15) is 0 Å². The smallest absolute Gasteiger partial charge is 0.326 e. The molecule has 0 spiro atoms. The summed E-state index contributed by atoms with van der Waals surface area (Å²) in [5.74, 6) is -0.296. The molecular weight excluding hydrogens is 244 g/mol. The Labute approximate surface area is 111 Å². The summed E-state index contributed by atoms with van der Waals surface area (Å²) in [5, 5.41) is 0. The van der Waals surface area contributed by atoms with E-state index in [1.54, 1.807) is 4.57 Å². The Hall–Kier alpha value is -2.04. The van der Waals surface area contributed by atoms with E-state index in [2.05, 4.69) is 4.98 Å². The fourth-order valence-electron chi connectivity index (χ4n) is 2.37. The maximum Gasteiger partial charge on any atom is 0.326 e. The Balaban J connectivity index is 2.46. The van der Waals surface area contributed by atoms with Crippen molar-refractivity contribution in [3.8, 4) is 0 Å². The molecule has 0 aliphatic rings. The van der Waals surface area contributed by atoms with E-state index in [0.717, 1.165) is 23.9 Å². The molecule has 19 heavy (non-hydrogen) atoms. The largest absolute Gasteiger partial charge is 0.469 e. The number of carbonyl (C=O) groups is 1. The zero-order valence-electron chi connectivity index (χ0n) is 11.2. The lowest BCUT2D eigenvalue weighted by atomic mass is 10.1. The highest BCUT2D eigenvalue weighted by molar-refractivity contribution is 5.76. The molecule has 0 saturated heterocycles. The number of fused-ring (bicyclic) bond motifs is 1. The molecule has 0 fully saturated rings. The van der Waals surface area contributed by atoms with Gasteiger partial charge < -0.3 is 9.72 Å². The Kier molecular flexibility index (Phi) is 4.04. The Morgan fingerprint density at radius 3 is 2.84 bits per heavy atom. The molecule has 1 aromatic carbocycles. The Morgan fingerprint density at radius 2 is 2.16 bits per heavy atom. The predicted molar refractivity (Wildman–Crippen MR) is 73.1 cm³/mol. The number of rotatable bonds is 5. The standard InChI is InChI=1S/C14H18N2O3/c1-3-6-10(9-13(17)19-2)16-12-8-5-4-7-11(12)15-14(16)18/h4-5,7-8,10H,3,6,9H2,1-2H3,(H,15,18). The minimum absolute atomic E-state index is 0.166. The molecule has 1 aromatic heterocycles. The lowest BCUT2D eigenvalue weighted by molar-refractivity contribution is -0.141. The van der Waals surface area contributed by atoms with E-state index < -0.39 is 0 Å². The highest BCUT2D eigenvalue weighted by Gasteiger charge is 2.19. The lowest BCUT2D eigenvalue weighted by Crippen LogP contribution is -2.24. The van der Waals surface area contributed by atoms with Gasteiger partial charge in [0.2, 0.25) is 0 Å². The van der Waals surface area contributed by atoms with Crippen molar-refractivity contribution in [3.63, 3.8) is 0 Å². The molecule has 102 valence electrons. The average Bonchev–Trinajstić information content (AvgIpc) is 2.74. The topological polar surface area (TPSA) is 64.1 Å². The van der Waals surface area contributed by atoms with Crippen LogP contribution in [-0.4, -0.2) is 22.6 Å². The highest BCUT2D eigenvalue weighted by atomic mass is 16.5. The van der Waals surface area contributed by atoms with E-state index in [1.165, 1.54) is 7.11 Å². The number of H-pyrrole nitrogens is 1. The van der Waals surface area contributed by atoms with Crippen molar-refractivity contribution in [2.45, 2.75) is 32.2 Å². The monoisotopic (exact) mass is 262 g/mol. The fraction of sp³-hybridized carbons (Fsp3) is 0.429. The number of nitrogens with zero attached hydrogens (tertiary/aromatic N) is 1. The molecular formula is C14H18N2O3. The van der Waals surface area contributed by atoms with Crippen molar-refractivity contribution in [2.24, 2.45) is 0 Å². The summed E-state index contributed by atoms with van der Waals surface area (Å²) in [6.07, 6.45) is 1.87. The summed E-state index contributed by atoms with van der Waals surface area (Å²) in [6, 6.07) is 7.33. The van der Waals surface area contributed by atoms with Crippen molar-refractivity contribution in [2.75, 3.05) is 7.11 Å². The summed E-state index contributed by atoms with van der Waals surface area (Å²) >= 11 is 0. The number of benzene rings is 1. The number of nitrogens with one attached hydrogen (secondary N) is 1. The maximum absolute atomic E-state index is 12.1. The zero-order chi connectivity index (χ0) is 13.8. The number of esters is 1. The van der Waals surface area contributed by atoms with Gasteiger partial charge in [-0.1, -0.05) is 25.5 Å². The van der Waals surface area contributed by atoms with Gasteiger partial charge in [0.15, 0.2) is 0 Å². The summed E-state index contributed by atoms with van der Waals surface area (Å²) < 4.78 is 6.37. The molecule has 0 aliphatic heterocycles. The molecule has 2 rings (SSSR count). The molecule has 0 bridgehead atoms. The van der Waals surface area contributed by atoms with Gasteiger partial charge in [-0.3, -0.25) is 9.36 Å². The SMILES string of the molecule is CCCC(CC(=O)OC)n1c(=O)[nH]c2ccccc21. The van der Waals surface area contributed by atoms with E-state index in [1.807, 2.05) is 31.2 Å². The summed E-state index contributed by atoms with van der Waals surface area (Å²) in [4.78, 5) is 26.4. The minimum Gasteiger partial charge on any atom is -0.469 e. The third-order valence-corrected chi connectivity index (χ3v) is 3.24. The first-order valence-electron chi connectivity index (χ1n) is 6.43. The highest BCUT2D eigenvalue weighted by Crippen LogP contribution is 2.22. The number of hydrogen-bond donors (Lipinski definition) is 1. The summed E-state index contributed by atoms with van der Waals surface area (Å²) in [6.45, 7) is 2.03. The normalized spacial score (nSPS) is 12.5. The molecule has 0 radical (unpaired) electrons. The number of aromatic nitrogens is 2. The van der Waals surface area contributed by atoms with E-state index in [-0.39, 0.29) is 24.1 Å². The first kappa shape index (κ1) is 13.4. The van der Waals surface area contributed by atoms with Crippen LogP contribution in [0.3, 0.4) is 0 Å². The quantitative estimate of drug-likeness (QED) is 0.840. The van der Waals surface area contributed by atoms with Crippen LogP contribution in [0.4, 0.5) is 0 Å². The van der Waals surface area contributed by atoms with Gasteiger partial charge in [0, 0.05) is 6.04 Å². The second-order valence-electron chi connectivity index (χ2n) is 4.54. The molecule has 5 heteroatoms. The van der Waals surface area contributed by atoms with Crippen molar-refractivity contribution in [1.82, 2.24) is 9.55 Å². The first-order valence-corrected chi connectivity index (χ1v) is 6.43. The summed E-state index contributed by atoms with van der Waals surface area (Å²) in [5.41, 5.74) is 1.44. The molecule has 1 unspecified atom stereocenters. The molecule has 0 amide bonds. The average molecular weight is 262 g/mol. The van der Waals surface area contributed by atoms with Crippen molar-refractivity contribution in [3.05, 3.63) is 34.7 Å².